The van der Waals surface area contributed by atoms with Crippen molar-refractivity contribution < 1.29 is 19.1 Å². The number of rotatable bonds is 7. The maximum absolute atomic E-state index is 12.5. The first-order chi connectivity index (χ1) is 14.4. The third kappa shape index (κ3) is 4.59. The molecule has 6 heteroatoms. The van der Waals surface area contributed by atoms with Gasteiger partial charge in [0, 0.05) is 19.1 Å². The van der Waals surface area contributed by atoms with Crippen molar-refractivity contribution in [3.63, 3.8) is 0 Å². The molecule has 0 radical (unpaired) electrons. The largest absolute Gasteiger partial charge is 0.490 e. The van der Waals surface area contributed by atoms with Gasteiger partial charge in [0.1, 0.15) is 11.9 Å². The predicted octanol–water partition coefficient (Wildman–Crippen LogP) is 3.76. The third-order valence-corrected chi connectivity index (χ3v) is 6.11. The standard InChI is InChI=1S/C24H30N2O4/c1-15(2)26-11-9-18(10-12-26)30-19-6-8-20-17(13-19)5-7-21(22(20)23(25)27)24(28)29-14-16-3-4-16/h5-8,13,15-16,18H,3-4,9-12,14H2,1-2H3,(H2,25,27). The summed E-state index contributed by atoms with van der Waals surface area (Å²) >= 11 is 0. The van der Waals surface area contributed by atoms with Crippen molar-refractivity contribution in [1.29, 1.82) is 0 Å². The average Bonchev–Trinajstić information content (AvgIpc) is 3.56. The van der Waals surface area contributed by atoms with Gasteiger partial charge < -0.3 is 20.1 Å². The van der Waals surface area contributed by atoms with Crippen LogP contribution >= 0.6 is 0 Å². The van der Waals surface area contributed by atoms with Crippen molar-refractivity contribution in [3.05, 3.63) is 41.5 Å². The van der Waals surface area contributed by atoms with Gasteiger partial charge in [-0.25, -0.2) is 4.79 Å². The van der Waals surface area contributed by atoms with E-state index in [2.05, 4.69) is 18.7 Å². The molecule has 0 spiro atoms. The molecule has 1 saturated heterocycles. The number of carbonyl (C=O) groups is 2. The molecule has 2 aromatic carbocycles. The molecular weight excluding hydrogens is 380 g/mol. The van der Waals surface area contributed by atoms with Gasteiger partial charge in [-0.2, -0.15) is 0 Å². The molecule has 160 valence electrons. The number of esters is 1. The highest BCUT2D eigenvalue weighted by molar-refractivity contribution is 6.14. The lowest BCUT2D eigenvalue weighted by atomic mass is 9.98. The number of primary amides is 1. The minimum absolute atomic E-state index is 0.185. The molecule has 2 aromatic rings. The van der Waals surface area contributed by atoms with E-state index in [0.717, 1.165) is 49.9 Å². The molecule has 30 heavy (non-hydrogen) atoms. The third-order valence-electron chi connectivity index (χ3n) is 6.11. The Balaban J connectivity index is 1.52. The van der Waals surface area contributed by atoms with E-state index in [-0.39, 0.29) is 17.2 Å². The van der Waals surface area contributed by atoms with Gasteiger partial charge in [-0.05, 0) is 80.5 Å². The number of nitrogens with zero attached hydrogens (tertiary/aromatic N) is 1. The van der Waals surface area contributed by atoms with E-state index in [9.17, 15) is 9.59 Å². The van der Waals surface area contributed by atoms with Crippen LogP contribution in [-0.4, -0.2) is 48.6 Å². The number of hydrogen-bond donors (Lipinski definition) is 1. The molecule has 1 amide bonds. The second-order valence-corrected chi connectivity index (χ2v) is 8.72. The summed E-state index contributed by atoms with van der Waals surface area (Å²) in [6.07, 6.45) is 4.35. The maximum Gasteiger partial charge on any atom is 0.338 e. The Hall–Kier alpha value is -2.60. The molecule has 1 heterocycles. The van der Waals surface area contributed by atoms with E-state index < -0.39 is 11.9 Å². The van der Waals surface area contributed by atoms with Crippen LogP contribution < -0.4 is 10.5 Å². The number of amides is 1. The molecule has 2 N–H and O–H groups in total. The Labute approximate surface area is 177 Å². The van der Waals surface area contributed by atoms with Gasteiger partial charge in [0.15, 0.2) is 0 Å². The summed E-state index contributed by atoms with van der Waals surface area (Å²) in [6, 6.07) is 9.58. The number of carbonyl (C=O) groups excluding carboxylic acids is 2. The number of likely N-dealkylation sites (tertiary alicyclic amines) is 1. The monoisotopic (exact) mass is 410 g/mol. The number of ether oxygens (including phenoxy) is 2. The Morgan fingerprint density at radius 2 is 1.83 bits per heavy atom. The zero-order valence-corrected chi connectivity index (χ0v) is 17.7. The zero-order valence-electron chi connectivity index (χ0n) is 17.7. The molecule has 1 aliphatic carbocycles. The molecule has 0 unspecified atom stereocenters. The molecule has 1 saturated carbocycles. The topological polar surface area (TPSA) is 81.9 Å². The Morgan fingerprint density at radius 1 is 1.10 bits per heavy atom. The highest BCUT2D eigenvalue weighted by Gasteiger charge is 2.26. The number of nitrogens with two attached hydrogens (primary N) is 1. The van der Waals surface area contributed by atoms with Gasteiger partial charge >= 0.3 is 5.97 Å². The van der Waals surface area contributed by atoms with Crippen LogP contribution in [-0.2, 0) is 4.74 Å². The van der Waals surface area contributed by atoms with Crippen molar-refractivity contribution in [3.8, 4) is 5.75 Å². The minimum atomic E-state index is -0.631. The summed E-state index contributed by atoms with van der Waals surface area (Å²) in [6.45, 7) is 6.91. The van der Waals surface area contributed by atoms with Crippen molar-refractivity contribution in [2.45, 2.75) is 51.7 Å². The van der Waals surface area contributed by atoms with Crippen LogP contribution in [0.5, 0.6) is 5.75 Å². The number of benzene rings is 2. The fraction of sp³-hybridized carbons (Fsp3) is 0.500. The molecule has 1 aliphatic heterocycles. The summed E-state index contributed by atoms with van der Waals surface area (Å²) in [7, 11) is 0. The van der Waals surface area contributed by atoms with E-state index >= 15 is 0 Å². The van der Waals surface area contributed by atoms with E-state index in [4.69, 9.17) is 15.2 Å². The normalized spacial score (nSPS) is 18.0. The average molecular weight is 411 g/mol. The maximum atomic E-state index is 12.5. The summed E-state index contributed by atoms with van der Waals surface area (Å²) in [5.74, 6) is 0.104. The summed E-state index contributed by atoms with van der Waals surface area (Å²) in [4.78, 5) is 27.1. The van der Waals surface area contributed by atoms with Gasteiger partial charge in [-0.1, -0.05) is 6.07 Å². The molecule has 2 aliphatic rings. The van der Waals surface area contributed by atoms with Crippen LogP contribution in [0.4, 0.5) is 0 Å². The van der Waals surface area contributed by atoms with Gasteiger partial charge in [0.25, 0.3) is 0 Å². The fourth-order valence-corrected chi connectivity index (χ4v) is 4.08. The zero-order chi connectivity index (χ0) is 21.3. The number of hydrogen-bond acceptors (Lipinski definition) is 5. The van der Waals surface area contributed by atoms with Crippen molar-refractivity contribution in [1.82, 2.24) is 4.90 Å². The predicted molar refractivity (Wildman–Crippen MR) is 116 cm³/mol. The summed E-state index contributed by atoms with van der Waals surface area (Å²) < 4.78 is 11.6. The molecular formula is C24H30N2O4. The van der Waals surface area contributed by atoms with Crippen LogP contribution in [0.15, 0.2) is 30.3 Å². The fourth-order valence-electron chi connectivity index (χ4n) is 4.08. The van der Waals surface area contributed by atoms with Crippen molar-refractivity contribution in [2.75, 3.05) is 19.7 Å². The van der Waals surface area contributed by atoms with Gasteiger partial charge in [0.05, 0.1) is 17.7 Å². The van der Waals surface area contributed by atoms with Crippen molar-refractivity contribution in [2.24, 2.45) is 11.7 Å². The van der Waals surface area contributed by atoms with Crippen molar-refractivity contribution >= 4 is 22.6 Å². The first-order valence-electron chi connectivity index (χ1n) is 10.9. The summed E-state index contributed by atoms with van der Waals surface area (Å²) in [5, 5.41) is 1.46. The van der Waals surface area contributed by atoms with E-state index in [1.165, 1.54) is 0 Å². The molecule has 0 aromatic heterocycles. The highest BCUT2D eigenvalue weighted by atomic mass is 16.5. The van der Waals surface area contributed by atoms with E-state index in [1.807, 2.05) is 24.3 Å². The van der Waals surface area contributed by atoms with E-state index in [0.29, 0.717) is 24.0 Å². The molecule has 4 rings (SSSR count). The second-order valence-electron chi connectivity index (χ2n) is 8.72. The van der Waals surface area contributed by atoms with Crippen LogP contribution in [0.3, 0.4) is 0 Å². The van der Waals surface area contributed by atoms with E-state index in [1.54, 1.807) is 6.07 Å². The Bertz CT molecular complexity index is 944. The first kappa shape index (κ1) is 20.7. The van der Waals surface area contributed by atoms with Gasteiger partial charge in [-0.15, -0.1) is 0 Å². The quantitative estimate of drug-likeness (QED) is 0.703. The molecule has 2 fully saturated rings. The Morgan fingerprint density at radius 3 is 2.47 bits per heavy atom. The molecule has 0 bridgehead atoms. The van der Waals surface area contributed by atoms with Crippen LogP contribution in [0.25, 0.3) is 10.8 Å². The lowest BCUT2D eigenvalue weighted by molar-refractivity contribution is 0.0483. The van der Waals surface area contributed by atoms with Crippen LogP contribution in [0.2, 0.25) is 0 Å². The molecule has 0 atom stereocenters. The molecule has 6 nitrogen and oxygen atoms in total. The van der Waals surface area contributed by atoms with Gasteiger partial charge in [-0.3, -0.25) is 4.79 Å². The minimum Gasteiger partial charge on any atom is -0.490 e. The summed E-state index contributed by atoms with van der Waals surface area (Å²) in [5.41, 5.74) is 6.07. The lowest BCUT2D eigenvalue weighted by Crippen LogP contribution is -2.41. The lowest BCUT2D eigenvalue weighted by Gasteiger charge is -2.34. The number of piperidine rings is 1. The first-order valence-corrected chi connectivity index (χ1v) is 10.9. The SMILES string of the molecule is CC(C)N1CCC(Oc2ccc3c(C(N)=O)c(C(=O)OCC4CC4)ccc3c2)CC1. The van der Waals surface area contributed by atoms with Crippen LogP contribution in [0, 0.1) is 5.92 Å². The number of fused-ring (bicyclic) bond motifs is 1. The second kappa shape index (κ2) is 8.64. The Kier molecular flexibility index (Phi) is 5.95. The highest BCUT2D eigenvalue weighted by Crippen LogP contribution is 2.31. The van der Waals surface area contributed by atoms with Crippen LogP contribution in [0.1, 0.15) is 60.2 Å². The smallest absolute Gasteiger partial charge is 0.338 e. The van der Waals surface area contributed by atoms with Gasteiger partial charge in [0.2, 0.25) is 5.91 Å².